The Bertz CT molecular complexity index is 470. The maximum Gasteiger partial charge on any atom is 0.197 e. The topological polar surface area (TPSA) is 53.3 Å². The molecule has 0 radical (unpaired) electrons. The van der Waals surface area contributed by atoms with Gasteiger partial charge in [-0.3, -0.25) is 4.79 Å². The van der Waals surface area contributed by atoms with E-state index < -0.39 is 6.10 Å². The van der Waals surface area contributed by atoms with Gasteiger partial charge in [-0.1, -0.05) is 0 Å². The largest absolute Gasteiger partial charge is 0.483 e. The van der Waals surface area contributed by atoms with Crippen molar-refractivity contribution in [2.24, 2.45) is 0 Å². The molecule has 1 aromatic carbocycles. The van der Waals surface area contributed by atoms with E-state index in [1.54, 1.807) is 42.3 Å². The van der Waals surface area contributed by atoms with Gasteiger partial charge in [0.25, 0.3) is 0 Å². The number of hydrogen-bond donors (Lipinski definition) is 0. The van der Waals surface area contributed by atoms with Gasteiger partial charge in [0.1, 0.15) is 5.75 Å². The number of rotatable bonds is 5. The summed E-state index contributed by atoms with van der Waals surface area (Å²) in [6.07, 6.45) is 2.61. The molecule has 0 spiro atoms. The summed E-state index contributed by atoms with van der Waals surface area (Å²) in [6, 6.07) is 8.69. The Morgan fingerprint density at radius 3 is 2.50 bits per heavy atom. The first-order valence-corrected chi connectivity index (χ1v) is 5.58. The molecule has 0 N–H and O–H groups in total. The van der Waals surface area contributed by atoms with E-state index in [2.05, 4.69) is 0 Å². The molecule has 1 aromatic rings. The number of hydrogen-bond acceptors (Lipinski definition) is 4. The number of ether oxygens (including phenoxy) is 1. The van der Waals surface area contributed by atoms with Crippen LogP contribution in [0.15, 0.2) is 36.5 Å². The molecule has 0 bridgehead atoms. The van der Waals surface area contributed by atoms with E-state index in [9.17, 15) is 4.79 Å². The molecule has 0 aliphatic rings. The summed E-state index contributed by atoms with van der Waals surface area (Å²) in [7, 11) is 3.69. The van der Waals surface area contributed by atoms with Crippen LogP contribution < -0.4 is 4.74 Å². The van der Waals surface area contributed by atoms with E-state index in [4.69, 9.17) is 10.00 Å². The first-order valence-electron chi connectivity index (χ1n) is 5.58. The second-order valence-corrected chi connectivity index (χ2v) is 4.08. The number of carbonyl (C=O) groups excluding carboxylic acids is 1. The van der Waals surface area contributed by atoms with Crippen molar-refractivity contribution in [3.05, 3.63) is 42.1 Å². The quantitative estimate of drug-likeness (QED) is 0.743. The summed E-state index contributed by atoms with van der Waals surface area (Å²) in [4.78, 5) is 13.5. The SMILES string of the molecule is C[C@@H](Oc1ccc(C#N)cc1)C(=O)/C=C/N(C)C. The van der Waals surface area contributed by atoms with Crippen molar-refractivity contribution in [2.75, 3.05) is 14.1 Å². The standard InChI is InChI=1S/C14H16N2O2/c1-11(14(17)8-9-16(2)3)18-13-6-4-12(10-15)5-7-13/h4-9,11H,1-3H3/b9-8+/t11-/m1/s1. The van der Waals surface area contributed by atoms with Gasteiger partial charge < -0.3 is 9.64 Å². The highest BCUT2D eigenvalue weighted by atomic mass is 16.5. The molecule has 0 saturated carbocycles. The number of ketones is 1. The minimum absolute atomic E-state index is 0.104. The number of nitriles is 1. The van der Waals surface area contributed by atoms with E-state index in [0.717, 1.165) is 0 Å². The molecule has 0 heterocycles. The molecule has 4 nitrogen and oxygen atoms in total. The third-order valence-corrected chi connectivity index (χ3v) is 2.23. The van der Waals surface area contributed by atoms with Crippen LogP contribution in [0.4, 0.5) is 0 Å². The highest BCUT2D eigenvalue weighted by Crippen LogP contribution is 2.13. The van der Waals surface area contributed by atoms with Gasteiger partial charge in [-0.2, -0.15) is 5.26 Å². The van der Waals surface area contributed by atoms with Gasteiger partial charge >= 0.3 is 0 Å². The van der Waals surface area contributed by atoms with Gasteiger partial charge in [0.15, 0.2) is 11.9 Å². The van der Waals surface area contributed by atoms with Crippen molar-refractivity contribution >= 4 is 5.78 Å². The summed E-state index contributed by atoms with van der Waals surface area (Å²) in [5.41, 5.74) is 0.564. The fraction of sp³-hybridized carbons (Fsp3) is 0.286. The lowest BCUT2D eigenvalue weighted by Crippen LogP contribution is -2.22. The van der Waals surface area contributed by atoms with E-state index in [1.807, 2.05) is 20.2 Å². The van der Waals surface area contributed by atoms with Crippen LogP contribution in [0.25, 0.3) is 0 Å². The van der Waals surface area contributed by atoms with Crippen molar-refractivity contribution in [3.8, 4) is 11.8 Å². The molecule has 94 valence electrons. The van der Waals surface area contributed by atoms with E-state index in [0.29, 0.717) is 11.3 Å². The molecule has 0 fully saturated rings. The Morgan fingerprint density at radius 1 is 1.39 bits per heavy atom. The zero-order valence-corrected chi connectivity index (χ0v) is 10.8. The van der Waals surface area contributed by atoms with Crippen LogP contribution in [-0.2, 0) is 4.79 Å². The molecule has 1 atom stereocenters. The highest BCUT2D eigenvalue weighted by molar-refractivity contribution is 5.93. The first-order chi connectivity index (χ1) is 8.52. The molecule has 0 amide bonds. The van der Waals surface area contributed by atoms with Crippen LogP contribution in [0, 0.1) is 11.3 Å². The predicted molar refractivity (Wildman–Crippen MR) is 69.1 cm³/mol. The Kier molecular flexibility index (Phi) is 4.94. The maximum absolute atomic E-state index is 11.7. The van der Waals surface area contributed by atoms with Crippen molar-refractivity contribution in [3.63, 3.8) is 0 Å². The molecule has 0 aliphatic heterocycles. The number of nitrogens with zero attached hydrogens (tertiary/aromatic N) is 2. The van der Waals surface area contributed by atoms with Gasteiger partial charge in [-0.25, -0.2) is 0 Å². The molecule has 18 heavy (non-hydrogen) atoms. The second kappa shape index (κ2) is 6.45. The average Bonchev–Trinajstić information content (AvgIpc) is 2.36. The first kappa shape index (κ1) is 13.8. The number of benzene rings is 1. The third-order valence-electron chi connectivity index (χ3n) is 2.23. The second-order valence-electron chi connectivity index (χ2n) is 4.08. The van der Waals surface area contributed by atoms with E-state index in [1.165, 1.54) is 6.08 Å². The summed E-state index contributed by atoms with van der Waals surface area (Å²) >= 11 is 0. The van der Waals surface area contributed by atoms with Crippen LogP contribution in [0.3, 0.4) is 0 Å². The fourth-order valence-corrected chi connectivity index (χ4v) is 1.23. The zero-order chi connectivity index (χ0) is 13.5. The van der Waals surface area contributed by atoms with Crippen molar-refractivity contribution in [1.82, 2.24) is 4.90 Å². The van der Waals surface area contributed by atoms with Crippen molar-refractivity contribution < 1.29 is 9.53 Å². The lowest BCUT2D eigenvalue weighted by atomic mass is 10.2. The van der Waals surface area contributed by atoms with Crippen LogP contribution in [0.2, 0.25) is 0 Å². The monoisotopic (exact) mass is 244 g/mol. The molecular formula is C14H16N2O2. The highest BCUT2D eigenvalue weighted by Gasteiger charge is 2.11. The lowest BCUT2D eigenvalue weighted by Gasteiger charge is -2.12. The van der Waals surface area contributed by atoms with E-state index >= 15 is 0 Å². The van der Waals surface area contributed by atoms with Gasteiger partial charge in [-0.15, -0.1) is 0 Å². The smallest absolute Gasteiger partial charge is 0.197 e. The van der Waals surface area contributed by atoms with Crippen LogP contribution in [0.1, 0.15) is 12.5 Å². The van der Waals surface area contributed by atoms with Crippen LogP contribution in [-0.4, -0.2) is 30.9 Å². The summed E-state index contributed by atoms with van der Waals surface area (Å²) in [5, 5.41) is 8.66. The van der Waals surface area contributed by atoms with E-state index in [-0.39, 0.29) is 5.78 Å². The Balaban J connectivity index is 2.61. The zero-order valence-electron chi connectivity index (χ0n) is 10.8. The van der Waals surface area contributed by atoms with Crippen molar-refractivity contribution in [2.45, 2.75) is 13.0 Å². The molecular weight excluding hydrogens is 228 g/mol. The van der Waals surface area contributed by atoms with Gasteiger partial charge in [0.2, 0.25) is 0 Å². The molecule has 1 rings (SSSR count). The Labute approximate surface area is 107 Å². The Morgan fingerprint density at radius 2 is 2.00 bits per heavy atom. The average molecular weight is 244 g/mol. The molecule has 4 heteroatoms. The van der Waals surface area contributed by atoms with Crippen molar-refractivity contribution in [1.29, 1.82) is 5.26 Å². The fourth-order valence-electron chi connectivity index (χ4n) is 1.23. The lowest BCUT2D eigenvalue weighted by molar-refractivity contribution is -0.120. The summed E-state index contributed by atoms with van der Waals surface area (Å²) in [6.45, 7) is 1.69. The minimum Gasteiger partial charge on any atom is -0.483 e. The van der Waals surface area contributed by atoms with Gasteiger partial charge in [0, 0.05) is 26.4 Å². The Hall–Kier alpha value is -2.28. The maximum atomic E-state index is 11.7. The molecule has 0 aromatic heterocycles. The molecule has 0 unspecified atom stereocenters. The predicted octanol–water partition coefficient (Wildman–Crippen LogP) is 1.97. The van der Waals surface area contributed by atoms with Crippen LogP contribution >= 0.6 is 0 Å². The summed E-state index contributed by atoms with van der Waals surface area (Å²) < 4.78 is 5.48. The molecule has 0 aliphatic carbocycles. The molecule has 0 saturated heterocycles. The third kappa shape index (κ3) is 4.30. The number of carbonyl (C=O) groups is 1. The van der Waals surface area contributed by atoms with Gasteiger partial charge in [-0.05, 0) is 31.2 Å². The van der Waals surface area contributed by atoms with Crippen LogP contribution in [0.5, 0.6) is 5.75 Å². The minimum atomic E-state index is -0.547. The normalized spacial score (nSPS) is 11.9. The summed E-state index contributed by atoms with van der Waals surface area (Å²) in [5.74, 6) is 0.473. The van der Waals surface area contributed by atoms with Gasteiger partial charge in [0.05, 0.1) is 11.6 Å².